The van der Waals surface area contributed by atoms with Gasteiger partial charge in [-0.25, -0.2) is 0 Å². The van der Waals surface area contributed by atoms with Crippen molar-refractivity contribution in [2.45, 2.75) is 51.4 Å². The van der Waals surface area contributed by atoms with Gasteiger partial charge in [-0.1, -0.05) is 30.3 Å². The van der Waals surface area contributed by atoms with E-state index in [4.69, 9.17) is 4.74 Å². The second kappa shape index (κ2) is 12.5. The topological polar surface area (TPSA) is 69.2 Å². The summed E-state index contributed by atoms with van der Waals surface area (Å²) < 4.78 is 6.01. The van der Waals surface area contributed by atoms with Crippen LogP contribution in [0.3, 0.4) is 0 Å². The lowest BCUT2D eigenvalue weighted by molar-refractivity contribution is -0.134. The summed E-state index contributed by atoms with van der Waals surface area (Å²) in [5.41, 5.74) is 4.02. The van der Waals surface area contributed by atoms with Gasteiger partial charge in [-0.15, -0.1) is 0 Å². The Hall–Kier alpha value is -3.91. The number of fused-ring (bicyclic) bond motifs is 3. The number of para-hydroxylation sites is 1. The maximum atomic E-state index is 13.8. The Balaban J connectivity index is 1.43. The summed E-state index contributed by atoms with van der Waals surface area (Å²) in [5, 5.41) is 0. The number of nitrogens with zero attached hydrogens (tertiary/aromatic N) is 5. The second-order valence-corrected chi connectivity index (χ2v) is 11.0. The molecule has 2 aliphatic heterocycles. The second-order valence-electron chi connectivity index (χ2n) is 11.0. The number of carbonyl (C=O) groups excluding carboxylic acids is 2. The van der Waals surface area contributed by atoms with Gasteiger partial charge >= 0.3 is 0 Å². The number of hydrogen-bond donors (Lipinski definition) is 0. The van der Waals surface area contributed by atoms with Crippen molar-refractivity contribution in [1.29, 1.82) is 0 Å². The molecule has 8 nitrogen and oxygen atoms in total. The van der Waals surface area contributed by atoms with Gasteiger partial charge in [0.05, 0.1) is 0 Å². The molecule has 0 saturated carbocycles. The summed E-state index contributed by atoms with van der Waals surface area (Å²) in [6.45, 7) is 4.01. The lowest BCUT2D eigenvalue weighted by Gasteiger charge is -2.33. The van der Waals surface area contributed by atoms with Crippen LogP contribution in [0.1, 0.15) is 37.3 Å². The highest BCUT2D eigenvalue weighted by atomic mass is 16.5. The van der Waals surface area contributed by atoms with Gasteiger partial charge in [-0.3, -0.25) is 19.5 Å². The van der Waals surface area contributed by atoms with Crippen molar-refractivity contribution in [3.8, 4) is 5.75 Å². The highest BCUT2D eigenvalue weighted by Gasteiger charge is 2.36. The summed E-state index contributed by atoms with van der Waals surface area (Å²) in [4.78, 5) is 39.3. The molecule has 0 aliphatic carbocycles. The Morgan fingerprint density at radius 2 is 1.82 bits per heavy atom. The van der Waals surface area contributed by atoms with Gasteiger partial charge in [0.15, 0.2) is 6.61 Å². The zero-order valence-electron chi connectivity index (χ0n) is 23.7. The SMILES string of the molecule is CC(=O)N1CCC2CCC(CN(C(=O)COc3cccc(N(C)C)c3)Cc3ccccc31)N2Cc1cccnc1. The van der Waals surface area contributed by atoms with E-state index < -0.39 is 0 Å². The molecule has 5 rings (SSSR count). The van der Waals surface area contributed by atoms with Crippen LogP contribution in [0.25, 0.3) is 0 Å². The molecule has 40 heavy (non-hydrogen) atoms. The van der Waals surface area contributed by atoms with Gasteiger partial charge in [-0.05, 0) is 54.7 Å². The Morgan fingerprint density at radius 3 is 2.60 bits per heavy atom. The van der Waals surface area contributed by atoms with Gasteiger partial charge in [0.25, 0.3) is 5.91 Å². The van der Waals surface area contributed by atoms with E-state index in [9.17, 15) is 9.59 Å². The zero-order valence-corrected chi connectivity index (χ0v) is 23.7. The van der Waals surface area contributed by atoms with E-state index in [1.165, 1.54) is 0 Å². The standard InChI is InChI=1S/C32H39N5O3/c1-24(38)36-17-15-27-13-14-29(37(27)20-25-8-7-16-33-19-25)22-35(21-26-9-4-5-12-31(26)36)32(39)23-40-30-11-6-10-28(18-30)34(2)3/h4-12,16,18-19,27,29H,13-15,17,20-23H2,1-3H3. The molecule has 2 aromatic carbocycles. The Bertz CT molecular complexity index is 1310. The minimum absolute atomic E-state index is 0.0158. The largest absolute Gasteiger partial charge is 0.484 e. The minimum Gasteiger partial charge on any atom is -0.484 e. The number of anilines is 2. The van der Waals surface area contributed by atoms with Crippen LogP contribution in [0, 0.1) is 0 Å². The van der Waals surface area contributed by atoms with Crippen molar-refractivity contribution in [2.24, 2.45) is 0 Å². The molecule has 0 spiro atoms. The molecule has 0 N–H and O–H groups in total. The van der Waals surface area contributed by atoms with Crippen molar-refractivity contribution in [1.82, 2.24) is 14.8 Å². The number of ether oxygens (including phenoxy) is 1. The molecule has 1 aromatic heterocycles. The predicted molar refractivity (Wildman–Crippen MR) is 157 cm³/mol. The fourth-order valence-corrected chi connectivity index (χ4v) is 5.92. The van der Waals surface area contributed by atoms with Crippen molar-refractivity contribution < 1.29 is 14.3 Å². The minimum atomic E-state index is -0.0662. The van der Waals surface area contributed by atoms with Gasteiger partial charge in [0.1, 0.15) is 5.75 Å². The third-order valence-corrected chi connectivity index (χ3v) is 8.05. The fraction of sp³-hybridized carbons (Fsp3) is 0.406. The van der Waals surface area contributed by atoms with Gasteiger partial charge in [0, 0.05) is 89.1 Å². The first-order chi connectivity index (χ1) is 19.4. The van der Waals surface area contributed by atoms with Crippen molar-refractivity contribution in [3.05, 3.63) is 84.2 Å². The number of amides is 2. The van der Waals surface area contributed by atoms with Gasteiger partial charge in [-0.2, -0.15) is 0 Å². The van der Waals surface area contributed by atoms with Crippen LogP contribution in [-0.4, -0.2) is 72.5 Å². The maximum absolute atomic E-state index is 13.8. The number of pyridine rings is 1. The zero-order chi connectivity index (χ0) is 28.1. The highest BCUT2D eigenvalue weighted by molar-refractivity contribution is 5.92. The molecule has 1 fully saturated rings. The van der Waals surface area contributed by atoms with E-state index >= 15 is 0 Å². The summed E-state index contributed by atoms with van der Waals surface area (Å²) >= 11 is 0. The van der Waals surface area contributed by atoms with Crippen LogP contribution < -0.4 is 14.5 Å². The molecule has 8 heteroatoms. The molecule has 2 unspecified atom stereocenters. The van der Waals surface area contributed by atoms with Gasteiger partial charge in [0.2, 0.25) is 5.91 Å². The summed E-state index contributed by atoms with van der Waals surface area (Å²) in [7, 11) is 3.96. The Labute approximate surface area is 237 Å². The summed E-state index contributed by atoms with van der Waals surface area (Å²) in [6, 6.07) is 20.3. The maximum Gasteiger partial charge on any atom is 0.260 e. The van der Waals surface area contributed by atoms with Crippen molar-refractivity contribution in [3.63, 3.8) is 0 Å². The van der Waals surface area contributed by atoms with Crippen LogP contribution >= 0.6 is 0 Å². The van der Waals surface area contributed by atoms with Crippen molar-refractivity contribution >= 4 is 23.2 Å². The first-order valence-electron chi connectivity index (χ1n) is 14.1. The number of rotatable bonds is 6. The molecule has 2 amide bonds. The average Bonchev–Trinajstić information content (AvgIpc) is 3.31. The molecular formula is C32H39N5O3. The molecule has 3 heterocycles. The van der Waals surface area contributed by atoms with Crippen molar-refractivity contribution in [2.75, 3.05) is 43.6 Å². The predicted octanol–water partition coefficient (Wildman–Crippen LogP) is 4.35. The molecule has 3 aromatic rings. The van der Waals surface area contributed by atoms with E-state index in [0.717, 1.165) is 48.3 Å². The molecule has 0 radical (unpaired) electrons. The third-order valence-electron chi connectivity index (χ3n) is 8.05. The lowest BCUT2D eigenvalue weighted by Crippen LogP contribution is -2.46. The van der Waals surface area contributed by atoms with E-state index in [-0.39, 0.29) is 24.5 Å². The highest BCUT2D eigenvalue weighted by Crippen LogP contribution is 2.32. The number of aromatic nitrogens is 1. The summed E-state index contributed by atoms with van der Waals surface area (Å²) in [6.07, 6.45) is 6.63. The fourth-order valence-electron chi connectivity index (χ4n) is 5.92. The molecule has 2 aliphatic rings. The first-order valence-corrected chi connectivity index (χ1v) is 14.1. The van der Waals surface area contributed by atoms with Crippen LogP contribution in [-0.2, 0) is 22.7 Å². The third kappa shape index (κ3) is 6.45. The quantitative estimate of drug-likeness (QED) is 0.462. The normalized spacial score (nSPS) is 19.5. The average molecular weight is 542 g/mol. The van der Waals surface area contributed by atoms with E-state index in [2.05, 4.69) is 16.0 Å². The number of carbonyl (C=O) groups is 2. The Kier molecular flexibility index (Phi) is 8.65. The first kappa shape index (κ1) is 27.6. The van der Waals surface area contributed by atoms with E-state index in [0.29, 0.717) is 31.4 Å². The molecule has 210 valence electrons. The smallest absolute Gasteiger partial charge is 0.260 e. The number of hydrogen-bond acceptors (Lipinski definition) is 6. The Morgan fingerprint density at radius 1 is 1.00 bits per heavy atom. The summed E-state index contributed by atoms with van der Waals surface area (Å²) in [5.74, 6) is 0.616. The van der Waals surface area contributed by atoms with E-state index in [1.54, 1.807) is 13.1 Å². The molecular weight excluding hydrogens is 502 g/mol. The van der Waals surface area contributed by atoms with E-state index in [1.807, 2.05) is 89.6 Å². The molecule has 2 bridgehead atoms. The van der Waals surface area contributed by atoms with Crippen LogP contribution in [0.4, 0.5) is 11.4 Å². The molecule has 2 atom stereocenters. The number of benzene rings is 2. The van der Waals surface area contributed by atoms with Gasteiger partial charge < -0.3 is 19.4 Å². The van der Waals surface area contributed by atoms with Crippen LogP contribution in [0.5, 0.6) is 5.75 Å². The monoisotopic (exact) mass is 541 g/mol. The molecule has 1 saturated heterocycles. The lowest BCUT2D eigenvalue weighted by atomic mass is 10.1. The van der Waals surface area contributed by atoms with Crippen LogP contribution in [0.15, 0.2) is 73.1 Å². The van der Waals surface area contributed by atoms with Crippen LogP contribution in [0.2, 0.25) is 0 Å².